The summed E-state index contributed by atoms with van der Waals surface area (Å²) >= 11 is 0. The Bertz CT molecular complexity index is 1930. The largest absolute Gasteiger partial charge is 0.507 e. The minimum atomic E-state index is -4.73. The molecule has 5 rings (SSSR count). The molecule has 0 spiro atoms. The van der Waals surface area contributed by atoms with Gasteiger partial charge in [-0.05, 0) is 73.5 Å². The summed E-state index contributed by atoms with van der Waals surface area (Å²) in [6.07, 6.45) is 0. The van der Waals surface area contributed by atoms with Crippen molar-refractivity contribution < 1.29 is 45.7 Å². The maximum absolute atomic E-state index is 13.9. The Labute approximate surface area is 268 Å². The number of rotatable bonds is 6. The van der Waals surface area contributed by atoms with Gasteiger partial charge in [0.2, 0.25) is 11.6 Å². The number of carbonyl (C=O) groups excluding carboxylic acids is 2. The SMILES string of the molecule is Cc1ccc(Nc2ccc(Nc3ccc(C)cc3S(=O)(=O)O)c3c2C(=O)c2c(O)ccc(O)c2C3=O)c(S(=O)(=O)O)c1.[Na]. The number of hydrogen-bond acceptors (Lipinski definition) is 10. The first-order valence-electron chi connectivity index (χ1n) is 12.1. The van der Waals surface area contributed by atoms with Crippen LogP contribution in [0.5, 0.6) is 11.5 Å². The molecule has 0 amide bonds. The van der Waals surface area contributed by atoms with Crippen LogP contribution in [0.15, 0.2) is 70.5 Å². The molecule has 0 atom stereocenters. The van der Waals surface area contributed by atoms with Gasteiger partial charge in [-0.15, -0.1) is 0 Å². The van der Waals surface area contributed by atoms with Crippen molar-refractivity contribution in [3.8, 4) is 11.5 Å². The first kappa shape index (κ1) is 32.2. The number of hydrogen-bond donors (Lipinski definition) is 6. The molecule has 1 radical (unpaired) electrons. The first-order chi connectivity index (χ1) is 19.6. The van der Waals surface area contributed by atoms with E-state index in [-0.39, 0.29) is 63.4 Å². The van der Waals surface area contributed by atoms with Crippen LogP contribution in [0, 0.1) is 13.8 Å². The molecule has 0 aromatic heterocycles. The number of carbonyl (C=O) groups is 2. The van der Waals surface area contributed by atoms with Gasteiger partial charge in [0.15, 0.2) is 0 Å². The summed E-state index contributed by atoms with van der Waals surface area (Å²) < 4.78 is 68.0. The van der Waals surface area contributed by atoms with Crippen molar-refractivity contribution in [2.45, 2.75) is 23.6 Å². The smallest absolute Gasteiger partial charge is 0.296 e. The Hall–Kier alpha value is -3.76. The average Bonchev–Trinajstić information content (AvgIpc) is 2.90. The zero-order chi connectivity index (χ0) is 30.7. The van der Waals surface area contributed by atoms with Gasteiger partial charge in [0.1, 0.15) is 21.3 Å². The molecule has 0 fully saturated rings. The van der Waals surface area contributed by atoms with E-state index in [2.05, 4.69) is 10.6 Å². The van der Waals surface area contributed by atoms with Crippen LogP contribution in [0.3, 0.4) is 0 Å². The van der Waals surface area contributed by atoms with Crippen molar-refractivity contribution in [2.75, 3.05) is 10.6 Å². The number of aryl methyl sites for hydroxylation is 2. The van der Waals surface area contributed by atoms with Crippen LogP contribution in [0.1, 0.15) is 43.0 Å². The fraction of sp³-hybridized carbons (Fsp3) is 0.0714. The topological polar surface area (TPSA) is 207 Å². The fourth-order valence-corrected chi connectivity index (χ4v) is 6.22. The van der Waals surface area contributed by atoms with Crippen LogP contribution in [0.2, 0.25) is 0 Å². The van der Waals surface area contributed by atoms with Crippen molar-refractivity contribution in [3.63, 3.8) is 0 Å². The molecule has 6 N–H and O–H groups in total. The van der Waals surface area contributed by atoms with Gasteiger partial charge in [-0.1, -0.05) is 12.1 Å². The van der Waals surface area contributed by atoms with Crippen molar-refractivity contribution in [3.05, 3.63) is 94.0 Å². The zero-order valence-corrected chi connectivity index (χ0v) is 26.5. The van der Waals surface area contributed by atoms with Crippen LogP contribution in [0.4, 0.5) is 22.7 Å². The van der Waals surface area contributed by atoms with E-state index in [9.17, 15) is 45.7 Å². The van der Waals surface area contributed by atoms with Crippen LogP contribution >= 0.6 is 0 Å². The van der Waals surface area contributed by atoms with E-state index in [1.54, 1.807) is 26.0 Å². The number of phenols is 2. The number of benzene rings is 4. The quantitative estimate of drug-likeness (QED) is 0.0888. The van der Waals surface area contributed by atoms with E-state index >= 15 is 0 Å². The maximum Gasteiger partial charge on any atom is 0.296 e. The third-order valence-corrected chi connectivity index (χ3v) is 8.43. The molecular formula is C28H22N2NaO10S2. The molecule has 0 saturated heterocycles. The molecule has 1 aliphatic carbocycles. The zero-order valence-electron chi connectivity index (χ0n) is 22.8. The standard InChI is InChI=1S/C28H22N2O10S2.Na/c1-13-3-5-15(21(11-13)41(35,36)37)29-17-7-8-18(30-16-6-4-14(2)12-22(16)42(38,39)40)24-23(17)27(33)25-19(31)9-10-20(32)26(25)28(24)34;/h3-12,29-32H,1-2H3,(H,35,36,37)(H,38,39,40);. The van der Waals surface area contributed by atoms with E-state index in [0.717, 1.165) is 12.1 Å². The number of phenolic OH excluding ortho intramolecular Hbond substituents is 2. The molecule has 0 bridgehead atoms. The monoisotopic (exact) mass is 633 g/mol. The summed E-state index contributed by atoms with van der Waals surface area (Å²) in [5.41, 5.74) is -1.16. The second-order valence-electron chi connectivity index (χ2n) is 9.62. The molecule has 0 heterocycles. The summed E-state index contributed by atoms with van der Waals surface area (Å²) in [6, 6.07) is 12.8. The second kappa shape index (κ2) is 11.4. The Morgan fingerprint density at radius 3 is 1.19 bits per heavy atom. The van der Waals surface area contributed by atoms with Gasteiger partial charge < -0.3 is 20.8 Å². The van der Waals surface area contributed by atoms with E-state index in [1.807, 2.05) is 0 Å². The van der Waals surface area contributed by atoms with Gasteiger partial charge in [0, 0.05) is 29.6 Å². The van der Waals surface area contributed by atoms with Gasteiger partial charge in [0.05, 0.1) is 45.0 Å². The minimum Gasteiger partial charge on any atom is -0.507 e. The molecule has 4 aromatic rings. The van der Waals surface area contributed by atoms with Crippen LogP contribution in [-0.2, 0) is 20.2 Å². The molecule has 0 unspecified atom stereocenters. The van der Waals surface area contributed by atoms with Gasteiger partial charge in [-0.3, -0.25) is 18.7 Å². The van der Waals surface area contributed by atoms with Gasteiger partial charge >= 0.3 is 0 Å². The van der Waals surface area contributed by atoms with E-state index in [1.165, 1.54) is 36.4 Å². The van der Waals surface area contributed by atoms with Crippen molar-refractivity contribution in [2.24, 2.45) is 0 Å². The summed E-state index contributed by atoms with van der Waals surface area (Å²) in [6.45, 7) is 3.20. The molecular weight excluding hydrogens is 611 g/mol. The Morgan fingerprint density at radius 1 is 0.535 bits per heavy atom. The van der Waals surface area contributed by atoms with Gasteiger partial charge in [-0.2, -0.15) is 16.8 Å². The molecule has 1 aliphatic rings. The fourth-order valence-electron chi connectivity index (χ4n) is 4.76. The van der Waals surface area contributed by atoms with Crippen molar-refractivity contribution >= 4 is 84.1 Å². The number of fused-ring (bicyclic) bond motifs is 2. The van der Waals surface area contributed by atoms with Crippen molar-refractivity contribution in [1.29, 1.82) is 0 Å². The summed E-state index contributed by atoms with van der Waals surface area (Å²) in [5, 5.41) is 26.5. The van der Waals surface area contributed by atoms with Crippen LogP contribution in [-0.4, -0.2) is 77.3 Å². The molecule has 0 saturated carbocycles. The average molecular weight is 634 g/mol. The minimum absolute atomic E-state index is 0. The third-order valence-electron chi connectivity index (χ3n) is 6.64. The number of ketones is 2. The molecule has 0 aliphatic heterocycles. The predicted octanol–water partition coefficient (Wildman–Crippen LogP) is 4.09. The number of nitrogens with one attached hydrogen (secondary N) is 2. The Kier molecular flexibility index (Phi) is 8.52. The molecule has 217 valence electrons. The maximum atomic E-state index is 13.9. The first-order valence-corrected chi connectivity index (χ1v) is 15.0. The predicted molar refractivity (Wildman–Crippen MR) is 157 cm³/mol. The van der Waals surface area contributed by atoms with E-state index < -0.39 is 64.2 Å². The summed E-state index contributed by atoms with van der Waals surface area (Å²) in [7, 11) is -9.47. The van der Waals surface area contributed by atoms with Crippen molar-refractivity contribution in [1.82, 2.24) is 0 Å². The normalized spacial score (nSPS) is 12.7. The third kappa shape index (κ3) is 5.90. The van der Waals surface area contributed by atoms with Crippen LogP contribution < -0.4 is 10.6 Å². The van der Waals surface area contributed by atoms with Gasteiger partial charge in [-0.25, -0.2) is 0 Å². The van der Waals surface area contributed by atoms with Gasteiger partial charge in [0.25, 0.3) is 20.2 Å². The number of anilines is 4. The Balaban J connectivity index is 0.00000423. The molecule has 43 heavy (non-hydrogen) atoms. The Morgan fingerprint density at radius 2 is 0.860 bits per heavy atom. The van der Waals surface area contributed by atoms with E-state index in [4.69, 9.17) is 0 Å². The van der Waals surface area contributed by atoms with E-state index in [0.29, 0.717) is 11.1 Å². The number of aromatic hydroxyl groups is 2. The summed E-state index contributed by atoms with van der Waals surface area (Å²) in [5.74, 6) is -3.04. The second-order valence-corrected chi connectivity index (χ2v) is 12.4. The molecule has 15 heteroatoms. The van der Waals surface area contributed by atoms with Crippen LogP contribution in [0.25, 0.3) is 0 Å². The molecule has 4 aromatic carbocycles. The molecule has 12 nitrogen and oxygen atoms in total. The summed E-state index contributed by atoms with van der Waals surface area (Å²) in [4.78, 5) is 26.7.